The zero-order valence-corrected chi connectivity index (χ0v) is 24.0. The molecule has 0 saturated heterocycles. The Kier molecular flexibility index (Phi) is 4.65. The van der Waals surface area contributed by atoms with Gasteiger partial charge in [0, 0.05) is 5.56 Å². The third-order valence-corrected chi connectivity index (χ3v) is 9.45. The Bertz CT molecular complexity index is 2760. The van der Waals surface area contributed by atoms with Crippen molar-refractivity contribution < 1.29 is 0 Å². The maximum absolute atomic E-state index is 5.03. The van der Waals surface area contributed by atoms with E-state index in [2.05, 4.69) is 126 Å². The first-order valence-electron chi connectivity index (χ1n) is 15.1. The highest BCUT2D eigenvalue weighted by molar-refractivity contribution is 6.37. The molecule has 2 heterocycles. The maximum atomic E-state index is 5.03. The van der Waals surface area contributed by atoms with E-state index >= 15 is 0 Å². The first kappa shape index (κ1) is 23.7. The van der Waals surface area contributed by atoms with E-state index in [0.717, 1.165) is 33.8 Å². The molecule has 0 aliphatic heterocycles. The number of pyridine rings is 1. The van der Waals surface area contributed by atoms with E-state index in [4.69, 9.17) is 9.97 Å². The maximum Gasteiger partial charge on any atom is 0.111 e. The quantitative estimate of drug-likeness (QED) is 0.197. The standard InChI is InChI=1S/C41H25N3/c1-24-43-36-13-2-3-14-37(36)44(24)30-19-20-35(42-23-30)29-21-28-18-17-27-8-5-11-32-31-10-4-7-25-15-16-26-9-6-12-33(40(26)38(25)31)34(22-29)41(28)39(27)32/h2-23H,1H3. The molecular formula is C41H25N3. The van der Waals surface area contributed by atoms with Crippen molar-refractivity contribution in [1.29, 1.82) is 0 Å². The van der Waals surface area contributed by atoms with Crippen molar-refractivity contribution in [1.82, 2.24) is 14.5 Å². The topological polar surface area (TPSA) is 30.7 Å². The molecule has 0 atom stereocenters. The second-order valence-electron chi connectivity index (χ2n) is 11.8. The van der Waals surface area contributed by atoms with E-state index < -0.39 is 0 Å². The number of para-hydroxylation sites is 2. The van der Waals surface area contributed by atoms with Crippen LogP contribution in [0.2, 0.25) is 0 Å². The van der Waals surface area contributed by atoms with Gasteiger partial charge in [-0.2, -0.15) is 0 Å². The van der Waals surface area contributed by atoms with E-state index in [9.17, 15) is 0 Å². The van der Waals surface area contributed by atoms with Crippen molar-refractivity contribution in [2.24, 2.45) is 0 Å². The summed E-state index contributed by atoms with van der Waals surface area (Å²) in [6.45, 7) is 2.05. The molecule has 2 aromatic heterocycles. The summed E-state index contributed by atoms with van der Waals surface area (Å²) >= 11 is 0. The van der Waals surface area contributed by atoms with Crippen molar-refractivity contribution in [2.45, 2.75) is 6.92 Å². The van der Waals surface area contributed by atoms with Crippen molar-refractivity contribution in [3.63, 3.8) is 0 Å². The highest BCUT2D eigenvalue weighted by atomic mass is 15.1. The highest BCUT2D eigenvalue weighted by Gasteiger charge is 2.17. The van der Waals surface area contributed by atoms with Crippen molar-refractivity contribution in [3.05, 3.63) is 139 Å². The molecule has 0 spiro atoms. The van der Waals surface area contributed by atoms with E-state index in [1.54, 1.807) is 0 Å². The Morgan fingerprint density at radius 1 is 0.500 bits per heavy atom. The Balaban J connectivity index is 1.31. The Hall–Kier alpha value is -5.80. The molecule has 44 heavy (non-hydrogen) atoms. The van der Waals surface area contributed by atoms with Crippen LogP contribution in [0.1, 0.15) is 5.82 Å². The lowest BCUT2D eigenvalue weighted by atomic mass is 9.87. The Morgan fingerprint density at radius 2 is 1.09 bits per heavy atom. The number of hydrogen-bond acceptors (Lipinski definition) is 2. The average molecular weight is 560 g/mol. The second-order valence-corrected chi connectivity index (χ2v) is 11.8. The number of imidazole rings is 1. The number of fused-ring (bicyclic) bond motifs is 3. The van der Waals surface area contributed by atoms with Gasteiger partial charge in [0.25, 0.3) is 0 Å². The molecule has 0 radical (unpaired) electrons. The SMILES string of the molecule is Cc1nc2ccccc2n1-c1ccc(-c2cc3ccc4cccc5c6cccc7ccc8cccc(c(c2)c3c45)c8c76)nc1. The molecule has 0 saturated carbocycles. The fraction of sp³-hybridized carbons (Fsp3) is 0.0244. The van der Waals surface area contributed by atoms with E-state index in [0.29, 0.717) is 0 Å². The van der Waals surface area contributed by atoms with Crippen LogP contribution in [0.3, 0.4) is 0 Å². The van der Waals surface area contributed by atoms with Crippen LogP contribution in [0.4, 0.5) is 0 Å². The summed E-state index contributed by atoms with van der Waals surface area (Å²) in [5, 5.41) is 15.4. The molecule has 10 rings (SSSR count). The Labute approximate surface area is 253 Å². The second kappa shape index (κ2) is 8.62. The molecule has 8 aromatic carbocycles. The Morgan fingerprint density at radius 3 is 1.73 bits per heavy atom. The van der Waals surface area contributed by atoms with E-state index in [1.807, 2.05) is 19.2 Å². The number of rotatable bonds is 2. The lowest BCUT2D eigenvalue weighted by Gasteiger charge is -2.17. The van der Waals surface area contributed by atoms with Crippen LogP contribution < -0.4 is 0 Å². The van der Waals surface area contributed by atoms with Gasteiger partial charge < -0.3 is 0 Å². The van der Waals surface area contributed by atoms with Crippen molar-refractivity contribution >= 4 is 75.7 Å². The summed E-state index contributed by atoms with van der Waals surface area (Å²) in [6, 6.07) is 46.5. The van der Waals surface area contributed by atoms with Gasteiger partial charge in [0.2, 0.25) is 0 Å². The van der Waals surface area contributed by atoms with Gasteiger partial charge in [-0.15, -0.1) is 0 Å². The summed E-state index contributed by atoms with van der Waals surface area (Å²) in [7, 11) is 0. The van der Waals surface area contributed by atoms with Gasteiger partial charge in [-0.1, -0.05) is 91.0 Å². The molecule has 204 valence electrons. The number of aromatic nitrogens is 3. The predicted molar refractivity (Wildman–Crippen MR) is 185 cm³/mol. The molecule has 0 bridgehead atoms. The van der Waals surface area contributed by atoms with Gasteiger partial charge in [-0.3, -0.25) is 9.55 Å². The van der Waals surface area contributed by atoms with Gasteiger partial charge in [-0.25, -0.2) is 4.98 Å². The first-order chi connectivity index (χ1) is 21.7. The van der Waals surface area contributed by atoms with E-state index in [1.165, 1.54) is 64.6 Å². The minimum absolute atomic E-state index is 0.952. The van der Waals surface area contributed by atoms with Gasteiger partial charge in [0.1, 0.15) is 5.82 Å². The van der Waals surface area contributed by atoms with Crippen LogP contribution in [0.15, 0.2) is 134 Å². The summed E-state index contributed by atoms with van der Waals surface area (Å²) in [4.78, 5) is 9.79. The summed E-state index contributed by atoms with van der Waals surface area (Å²) < 4.78 is 2.18. The number of benzene rings is 7. The zero-order valence-electron chi connectivity index (χ0n) is 24.0. The van der Waals surface area contributed by atoms with Crippen LogP contribution in [0.25, 0.3) is 92.6 Å². The monoisotopic (exact) mass is 559 g/mol. The summed E-state index contributed by atoms with van der Waals surface area (Å²) in [6.07, 6.45) is 1.97. The molecule has 3 heteroatoms. The number of nitrogens with zero attached hydrogens (tertiary/aromatic N) is 3. The minimum atomic E-state index is 0.952. The zero-order chi connectivity index (χ0) is 28.9. The van der Waals surface area contributed by atoms with Crippen LogP contribution in [0.5, 0.6) is 0 Å². The number of hydrogen-bond donors (Lipinski definition) is 0. The van der Waals surface area contributed by atoms with Crippen LogP contribution >= 0.6 is 0 Å². The molecule has 0 aliphatic rings. The third-order valence-electron chi connectivity index (χ3n) is 9.45. The third kappa shape index (κ3) is 3.16. The van der Waals surface area contributed by atoms with Gasteiger partial charge in [0.15, 0.2) is 0 Å². The number of aryl methyl sites for hydroxylation is 1. The largest absolute Gasteiger partial charge is 0.295 e. The predicted octanol–water partition coefficient (Wildman–Crippen LogP) is 10.8. The molecule has 0 aliphatic carbocycles. The van der Waals surface area contributed by atoms with Gasteiger partial charge in [0.05, 0.1) is 28.6 Å². The highest BCUT2D eigenvalue weighted by Crippen LogP contribution is 2.44. The lowest BCUT2D eigenvalue weighted by Crippen LogP contribution is -1.98. The van der Waals surface area contributed by atoms with Crippen LogP contribution in [0, 0.1) is 6.92 Å². The minimum Gasteiger partial charge on any atom is -0.295 e. The molecule has 0 fully saturated rings. The molecule has 0 unspecified atom stereocenters. The fourth-order valence-corrected chi connectivity index (χ4v) is 7.59. The summed E-state index contributed by atoms with van der Waals surface area (Å²) in [5.41, 5.74) is 5.16. The summed E-state index contributed by atoms with van der Waals surface area (Å²) in [5.74, 6) is 0.952. The smallest absolute Gasteiger partial charge is 0.111 e. The van der Waals surface area contributed by atoms with Crippen LogP contribution in [-0.2, 0) is 0 Å². The lowest BCUT2D eigenvalue weighted by molar-refractivity contribution is 0.991. The normalized spacial score (nSPS) is 12.2. The molecule has 3 nitrogen and oxygen atoms in total. The van der Waals surface area contributed by atoms with E-state index in [-0.39, 0.29) is 0 Å². The van der Waals surface area contributed by atoms with Gasteiger partial charge in [-0.05, 0) is 108 Å². The first-order valence-corrected chi connectivity index (χ1v) is 15.1. The molecule has 0 amide bonds. The average Bonchev–Trinajstić information content (AvgIpc) is 3.41. The molecular weight excluding hydrogens is 534 g/mol. The van der Waals surface area contributed by atoms with Crippen molar-refractivity contribution in [2.75, 3.05) is 0 Å². The molecule has 10 aromatic rings. The fourth-order valence-electron chi connectivity index (χ4n) is 7.59. The van der Waals surface area contributed by atoms with Crippen molar-refractivity contribution in [3.8, 4) is 16.9 Å². The molecule has 0 N–H and O–H groups in total. The van der Waals surface area contributed by atoms with Crippen LogP contribution in [-0.4, -0.2) is 14.5 Å². The van der Waals surface area contributed by atoms with Gasteiger partial charge >= 0.3 is 0 Å².